The highest BCUT2D eigenvalue weighted by Gasteiger charge is 2.41. The van der Waals surface area contributed by atoms with Crippen molar-refractivity contribution in [1.29, 1.82) is 0 Å². The lowest BCUT2D eigenvalue weighted by atomic mass is 9.86. The van der Waals surface area contributed by atoms with Gasteiger partial charge in [0.05, 0.1) is 35.5 Å². The van der Waals surface area contributed by atoms with E-state index in [9.17, 15) is 33.6 Å². The van der Waals surface area contributed by atoms with Crippen molar-refractivity contribution >= 4 is 177 Å². The second-order valence-corrected chi connectivity index (χ2v) is 19.8. The van der Waals surface area contributed by atoms with Crippen molar-refractivity contribution in [2.75, 3.05) is 26.3 Å². The Morgan fingerprint density at radius 3 is 1.33 bits per heavy atom. The van der Waals surface area contributed by atoms with Gasteiger partial charge in [-0.3, -0.25) is 28.8 Å². The van der Waals surface area contributed by atoms with Crippen molar-refractivity contribution in [1.82, 2.24) is 16.1 Å². The second-order valence-electron chi connectivity index (χ2n) is 13.3. The highest BCUT2D eigenvalue weighted by molar-refractivity contribution is 14.1. The van der Waals surface area contributed by atoms with Gasteiger partial charge < -0.3 is 51.6 Å². The molecule has 0 saturated carbocycles. The number of nitrogens with two attached hydrogens (primary N) is 3. The molecular formula is C33H34I6N6O12. The van der Waals surface area contributed by atoms with E-state index in [-0.39, 0.29) is 81.1 Å². The fourth-order valence-corrected chi connectivity index (χ4v) is 15.4. The molecule has 2 atom stereocenters. The van der Waals surface area contributed by atoms with Crippen LogP contribution in [0.15, 0.2) is 0 Å². The van der Waals surface area contributed by atoms with E-state index < -0.39 is 77.5 Å². The Labute approximate surface area is 407 Å². The Morgan fingerprint density at radius 2 is 1.02 bits per heavy atom. The van der Waals surface area contributed by atoms with Crippen LogP contribution in [0.3, 0.4) is 0 Å². The number of nitrogens with one attached hydrogen (secondary N) is 3. The van der Waals surface area contributed by atoms with Gasteiger partial charge >= 0.3 is 5.97 Å². The average molecular weight is 1470 g/mol. The Bertz CT molecular complexity index is 1940. The molecule has 6 amide bonds. The molecule has 2 aromatic carbocycles. The molecule has 310 valence electrons. The first kappa shape index (κ1) is 48.6. The van der Waals surface area contributed by atoms with Crippen molar-refractivity contribution in [3.8, 4) is 0 Å². The summed E-state index contributed by atoms with van der Waals surface area (Å²) in [7, 11) is 0. The summed E-state index contributed by atoms with van der Waals surface area (Å²) in [5.41, 5.74) is 18.5. The first-order valence-electron chi connectivity index (χ1n) is 16.4. The van der Waals surface area contributed by atoms with Crippen LogP contribution in [0, 0.1) is 21.4 Å². The summed E-state index contributed by atoms with van der Waals surface area (Å²) in [5.74, 6) is -9.93. The summed E-state index contributed by atoms with van der Waals surface area (Å²) >= 11 is 10.9. The van der Waals surface area contributed by atoms with Gasteiger partial charge in [0.15, 0.2) is 11.6 Å². The minimum atomic E-state index is -1.69. The van der Waals surface area contributed by atoms with E-state index in [1.54, 1.807) is 27.7 Å². The van der Waals surface area contributed by atoms with Gasteiger partial charge in [-0.25, -0.2) is 4.79 Å². The summed E-state index contributed by atoms with van der Waals surface area (Å²) in [6, 6.07) is 0. The van der Waals surface area contributed by atoms with Crippen LogP contribution >= 0.6 is 136 Å². The van der Waals surface area contributed by atoms with Gasteiger partial charge in [0.25, 0.3) is 29.5 Å². The monoisotopic (exact) mass is 1470 g/mol. The number of ether oxygens (including phenoxy) is 4. The highest BCUT2D eigenvalue weighted by Crippen LogP contribution is 2.44. The number of halogens is 6. The molecule has 2 fully saturated rings. The fourth-order valence-electron chi connectivity index (χ4n) is 5.76. The van der Waals surface area contributed by atoms with Gasteiger partial charge in [-0.15, -0.1) is 0 Å². The molecule has 2 aromatic rings. The summed E-state index contributed by atoms with van der Waals surface area (Å²) in [6.45, 7) is 7.34. The van der Waals surface area contributed by atoms with Crippen molar-refractivity contribution in [2.45, 2.75) is 63.8 Å². The van der Waals surface area contributed by atoms with E-state index in [1.165, 1.54) is 0 Å². The third kappa shape index (κ3) is 11.5. The van der Waals surface area contributed by atoms with Crippen LogP contribution < -0.4 is 33.3 Å². The molecule has 2 aliphatic heterocycles. The molecule has 4 rings (SSSR count). The average Bonchev–Trinajstić information content (AvgIpc) is 3.62. The number of hydrogen-bond donors (Lipinski definition) is 6. The fraction of sp³-hybridized carbons (Fsp3) is 0.424. The zero-order valence-corrected chi connectivity index (χ0v) is 43.1. The first-order valence-corrected chi connectivity index (χ1v) is 22.8. The van der Waals surface area contributed by atoms with Crippen LogP contribution in [0.1, 0.15) is 92.6 Å². The molecule has 0 aliphatic carbocycles. The SMILES string of the molecule is CC1(C)OCC(CNC(=O)c2c(I)c(C(N)=O)c(I)c(C(C(=O)ONC(=O)CC(N)=O)c3c(I)c(C(N)=O)c(I)c(C(=O)NCC4COC(C)(C)O4)c3I)c2I)O1. The molecule has 9 N–H and O–H groups in total. The van der Waals surface area contributed by atoms with E-state index in [2.05, 4.69) is 10.6 Å². The molecule has 2 aliphatic rings. The number of amides is 6. The molecule has 2 heterocycles. The molecule has 2 unspecified atom stereocenters. The Balaban J connectivity index is 1.97. The molecule has 2 saturated heterocycles. The summed E-state index contributed by atoms with van der Waals surface area (Å²) in [6.07, 6.45) is -1.84. The summed E-state index contributed by atoms with van der Waals surface area (Å²) in [4.78, 5) is 98.0. The van der Waals surface area contributed by atoms with Crippen LogP contribution in [0.2, 0.25) is 0 Å². The van der Waals surface area contributed by atoms with E-state index in [0.29, 0.717) is 0 Å². The minimum absolute atomic E-state index is 0.00357. The molecule has 0 aromatic heterocycles. The van der Waals surface area contributed by atoms with Crippen LogP contribution in [-0.2, 0) is 38.2 Å². The van der Waals surface area contributed by atoms with Gasteiger partial charge in [0.2, 0.25) is 5.91 Å². The third-order valence-corrected chi connectivity index (χ3v) is 14.8. The zero-order chi connectivity index (χ0) is 42.9. The highest BCUT2D eigenvalue weighted by atomic mass is 127. The van der Waals surface area contributed by atoms with Crippen molar-refractivity contribution in [3.05, 3.63) is 54.8 Å². The zero-order valence-electron chi connectivity index (χ0n) is 30.2. The molecule has 0 spiro atoms. The van der Waals surface area contributed by atoms with Gasteiger partial charge in [-0.05, 0) is 174 Å². The van der Waals surface area contributed by atoms with E-state index >= 15 is 0 Å². The molecule has 24 heteroatoms. The normalized spacial score (nSPS) is 18.7. The van der Waals surface area contributed by atoms with Crippen LogP contribution in [-0.4, -0.2) is 91.5 Å². The first-order chi connectivity index (χ1) is 26.4. The third-order valence-electron chi connectivity index (χ3n) is 8.18. The topological polar surface area (TPSA) is 280 Å². The second kappa shape index (κ2) is 19.8. The van der Waals surface area contributed by atoms with Crippen LogP contribution in [0.4, 0.5) is 0 Å². The molecule has 0 bridgehead atoms. The Morgan fingerprint density at radius 1 is 0.649 bits per heavy atom. The van der Waals surface area contributed by atoms with E-state index in [1.807, 2.05) is 141 Å². The van der Waals surface area contributed by atoms with Gasteiger partial charge in [-0.1, -0.05) is 0 Å². The largest absolute Gasteiger partial charge is 0.369 e. The summed E-state index contributed by atoms with van der Waals surface area (Å²) in [5, 5.41) is 5.60. The predicted octanol–water partition coefficient (Wildman–Crippen LogP) is 2.86. The smallest absolute Gasteiger partial charge is 0.344 e. The maximum atomic E-state index is 14.5. The maximum Gasteiger partial charge on any atom is 0.344 e. The lowest BCUT2D eigenvalue weighted by Crippen LogP contribution is -2.37. The number of benzene rings is 2. The number of hydrogen-bond acceptors (Lipinski definition) is 12. The lowest BCUT2D eigenvalue weighted by Gasteiger charge is -2.27. The van der Waals surface area contributed by atoms with Crippen molar-refractivity contribution < 1.29 is 57.3 Å². The Kier molecular flexibility index (Phi) is 16.9. The standard InChI is InChI=1S/C33H34I6N6O12/c1-32(2)53-8-10(55-32)6-43-29(50)19-23(36)15(21(34)17(25(19)38)27(41)48)14(31(52)57-45-13(47)5-12(40)46)16-22(35)18(28(42)49)26(39)20(24(16)37)30(51)44-7-11-9-54-33(3,4)56-11/h10-11,14H,5-9H2,1-4H3,(H2,40,46)(H2,41,48)(H2,42,49)(H,43,50)(H,44,51)(H,45,47). The maximum absolute atomic E-state index is 14.5. The van der Waals surface area contributed by atoms with Gasteiger partial charge in [-0.2, -0.15) is 5.48 Å². The number of carbonyl (C=O) groups excluding carboxylic acids is 7. The van der Waals surface area contributed by atoms with E-state index in [0.717, 1.165) is 0 Å². The summed E-state index contributed by atoms with van der Waals surface area (Å²) < 4.78 is 23.7. The van der Waals surface area contributed by atoms with Gasteiger partial charge in [0.1, 0.15) is 24.5 Å². The number of hydroxylamine groups is 1. The number of primary amides is 3. The molecule has 57 heavy (non-hydrogen) atoms. The van der Waals surface area contributed by atoms with Gasteiger partial charge in [0, 0.05) is 34.5 Å². The van der Waals surface area contributed by atoms with Crippen LogP contribution in [0.5, 0.6) is 0 Å². The van der Waals surface area contributed by atoms with Crippen molar-refractivity contribution in [2.24, 2.45) is 17.2 Å². The quantitative estimate of drug-likeness (QED) is 0.0960. The Hall–Kier alpha value is -1.05. The molecule has 18 nitrogen and oxygen atoms in total. The van der Waals surface area contributed by atoms with E-state index in [4.69, 9.17) is 41.0 Å². The molecular weight excluding hydrogens is 1430 g/mol. The van der Waals surface area contributed by atoms with Crippen molar-refractivity contribution in [3.63, 3.8) is 0 Å². The predicted molar refractivity (Wildman–Crippen MR) is 251 cm³/mol. The van der Waals surface area contributed by atoms with Crippen LogP contribution in [0.25, 0.3) is 0 Å². The minimum Gasteiger partial charge on any atom is -0.369 e. The number of rotatable bonds is 13. The number of carbonyl (C=O) groups is 7. The molecule has 0 radical (unpaired) electrons. The lowest BCUT2D eigenvalue weighted by molar-refractivity contribution is -0.159.